The lowest BCUT2D eigenvalue weighted by Crippen LogP contribution is -2.13. The Morgan fingerprint density at radius 2 is 1.91 bits per heavy atom. The van der Waals surface area contributed by atoms with Gasteiger partial charge in [0, 0.05) is 12.1 Å². The number of nitrogens with one attached hydrogen (secondary N) is 1. The van der Waals surface area contributed by atoms with Gasteiger partial charge in [-0.1, -0.05) is 17.7 Å². The van der Waals surface area contributed by atoms with Crippen molar-refractivity contribution in [3.63, 3.8) is 0 Å². The number of nitro benzene ring substituents is 1. The highest BCUT2D eigenvalue weighted by molar-refractivity contribution is 7.92. The van der Waals surface area contributed by atoms with Crippen LogP contribution in [0.1, 0.15) is 5.56 Å². The topological polar surface area (TPSA) is 119 Å². The maximum absolute atomic E-state index is 12.3. The second-order valence-corrected chi connectivity index (χ2v) is 6.66. The Labute approximate surface area is 136 Å². The summed E-state index contributed by atoms with van der Waals surface area (Å²) >= 11 is 5.85. The van der Waals surface area contributed by atoms with E-state index in [4.69, 9.17) is 11.6 Å². The molecule has 10 heteroatoms. The van der Waals surface area contributed by atoms with Gasteiger partial charge in [0.2, 0.25) is 0 Å². The summed E-state index contributed by atoms with van der Waals surface area (Å²) < 4.78 is 26.8. The number of non-ortho nitro benzene ring substituents is 1. The van der Waals surface area contributed by atoms with Crippen LogP contribution in [0.15, 0.2) is 46.5 Å². The van der Waals surface area contributed by atoms with E-state index in [0.29, 0.717) is 5.56 Å². The Bertz CT molecular complexity index is 898. The normalized spacial score (nSPS) is 11.0. The quantitative estimate of drug-likeness (QED) is 0.497. The molecule has 0 aromatic heterocycles. The summed E-state index contributed by atoms with van der Waals surface area (Å²) in [4.78, 5) is 20.5. The van der Waals surface area contributed by atoms with Crippen LogP contribution < -0.4 is 4.72 Å². The molecule has 120 valence electrons. The molecule has 0 bridgehead atoms. The molecule has 0 saturated heterocycles. The lowest BCUT2D eigenvalue weighted by atomic mass is 10.2. The number of rotatable bonds is 5. The zero-order valence-electron chi connectivity index (χ0n) is 11.7. The Morgan fingerprint density at radius 3 is 2.48 bits per heavy atom. The standard InChI is InChI=1S/C13H10ClN3O5S/c1-8-2-4-10(7-13(8)15-18)23(21,22)16-12-5-3-9(17(19)20)6-11(12)14/h2-7,16H,1H3. The number of hydrogen-bond donors (Lipinski definition) is 1. The average molecular weight is 356 g/mol. The number of sulfonamides is 1. The third-order valence-corrected chi connectivity index (χ3v) is 4.67. The molecule has 0 radical (unpaired) electrons. The van der Waals surface area contributed by atoms with Gasteiger partial charge in [-0.05, 0) is 35.9 Å². The largest absolute Gasteiger partial charge is 0.278 e. The highest BCUT2D eigenvalue weighted by atomic mass is 35.5. The lowest BCUT2D eigenvalue weighted by Gasteiger charge is -2.10. The van der Waals surface area contributed by atoms with Crippen molar-refractivity contribution >= 4 is 38.7 Å². The zero-order chi connectivity index (χ0) is 17.2. The molecule has 2 aromatic carbocycles. The summed E-state index contributed by atoms with van der Waals surface area (Å²) in [6.07, 6.45) is 0. The summed E-state index contributed by atoms with van der Waals surface area (Å²) in [6, 6.07) is 7.23. The first-order valence-corrected chi connectivity index (χ1v) is 8.01. The fraction of sp³-hybridized carbons (Fsp3) is 0.0769. The third kappa shape index (κ3) is 3.63. The van der Waals surface area contributed by atoms with Crippen molar-refractivity contribution < 1.29 is 13.3 Å². The number of nitroso groups, excluding NO2 is 1. The minimum absolute atomic E-state index is 0.00247. The van der Waals surface area contributed by atoms with Gasteiger partial charge < -0.3 is 0 Å². The van der Waals surface area contributed by atoms with Crippen molar-refractivity contribution in [3.05, 3.63) is 62.0 Å². The Balaban J connectivity index is 2.39. The number of hydrogen-bond acceptors (Lipinski definition) is 6. The van der Waals surface area contributed by atoms with Gasteiger partial charge >= 0.3 is 0 Å². The van der Waals surface area contributed by atoms with Crippen LogP contribution in [0.4, 0.5) is 17.1 Å². The predicted molar refractivity (Wildman–Crippen MR) is 85.5 cm³/mol. The second-order valence-electron chi connectivity index (χ2n) is 4.57. The third-order valence-electron chi connectivity index (χ3n) is 3.00. The molecule has 2 rings (SSSR count). The molecule has 0 aliphatic carbocycles. The van der Waals surface area contributed by atoms with E-state index in [2.05, 4.69) is 9.90 Å². The van der Waals surface area contributed by atoms with Crippen molar-refractivity contribution in [2.45, 2.75) is 11.8 Å². The Kier molecular flexibility index (Phi) is 4.62. The maximum Gasteiger partial charge on any atom is 0.271 e. The van der Waals surface area contributed by atoms with Crippen LogP contribution in [-0.4, -0.2) is 13.3 Å². The lowest BCUT2D eigenvalue weighted by molar-refractivity contribution is -0.384. The number of nitrogens with zero attached hydrogens (tertiary/aromatic N) is 2. The zero-order valence-corrected chi connectivity index (χ0v) is 13.3. The number of aryl methyl sites for hydroxylation is 1. The minimum atomic E-state index is -4.02. The van der Waals surface area contributed by atoms with Crippen LogP contribution in [0.5, 0.6) is 0 Å². The van der Waals surface area contributed by atoms with Gasteiger partial charge in [-0.25, -0.2) is 8.42 Å². The van der Waals surface area contributed by atoms with Crippen LogP contribution in [-0.2, 0) is 10.0 Å². The van der Waals surface area contributed by atoms with E-state index in [1.807, 2.05) is 0 Å². The Hall–Kier alpha value is -2.52. The van der Waals surface area contributed by atoms with E-state index >= 15 is 0 Å². The van der Waals surface area contributed by atoms with E-state index in [0.717, 1.165) is 18.2 Å². The molecule has 0 unspecified atom stereocenters. The molecule has 0 saturated carbocycles. The second kappa shape index (κ2) is 6.31. The van der Waals surface area contributed by atoms with Crippen LogP contribution in [0.3, 0.4) is 0 Å². The fourth-order valence-corrected chi connectivity index (χ4v) is 3.14. The van der Waals surface area contributed by atoms with Gasteiger partial charge in [-0.3, -0.25) is 14.8 Å². The fourth-order valence-electron chi connectivity index (χ4n) is 1.76. The van der Waals surface area contributed by atoms with Crippen molar-refractivity contribution in [2.75, 3.05) is 4.72 Å². The summed E-state index contributed by atoms with van der Waals surface area (Å²) in [5.41, 5.74) is 0.258. The highest BCUT2D eigenvalue weighted by Crippen LogP contribution is 2.29. The first-order valence-electron chi connectivity index (χ1n) is 6.15. The van der Waals surface area contributed by atoms with Gasteiger partial charge in [0.15, 0.2) is 0 Å². The number of anilines is 1. The van der Waals surface area contributed by atoms with Crippen molar-refractivity contribution in [1.29, 1.82) is 0 Å². The Morgan fingerprint density at radius 1 is 1.22 bits per heavy atom. The van der Waals surface area contributed by atoms with Crippen LogP contribution in [0, 0.1) is 21.9 Å². The molecule has 1 N–H and O–H groups in total. The molecule has 0 atom stereocenters. The molecule has 0 aliphatic rings. The molecule has 0 aliphatic heterocycles. The monoisotopic (exact) mass is 355 g/mol. The highest BCUT2D eigenvalue weighted by Gasteiger charge is 2.18. The summed E-state index contributed by atoms with van der Waals surface area (Å²) in [5, 5.41) is 13.3. The van der Waals surface area contributed by atoms with E-state index in [9.17, 15) is 23.4 Å². The van der Waals surface area contributed by atoms with Gasteiger partial charge in [0.05, 0.1) is 20.5 Å². The maximum atomic E-state index is 12.3. The summed E-state index contributed by atoms with van der Waals surface area (Å²) in [6.45, 7) is 1.62. The molecule has 2 aromatic rings. The van der Waals surface area contributed by atoms with Crippen molar-refractivity contribution in [2.24, 2.45) is 5.18 Å². The molecule has 8 nitrogen and oxygen atoms in total. The minimum Gasteiger partial charge on any atom is -0.278 e. The summed E-state index contributed by atoms with van der Waals surface area (Å²) in [5.74, 6) is 0. The first kappa shape index (κ1) is 16.8. The van der Waals surface area contributed by atoms with E-state index in [-0.39, 0.29) is 27.0 Å². The number of nitro groups is 1. The predicted octanol–water partition coefficient (Wildman–Crippen LogP) is 3.76. The van der Waals surface area contributed by atoms with Crippen LogP contribution >= 0.6 is 11.6 Å². The molecule has 0 amide bonds. The van der Waals surface area contributed by atoms with Gasteiger partial charge in [-0.15, -0.1) is 4.91 Å². The van der Waals surface area contributed by atoms with Crippen molar-refractivity contribution in [1.82, 2.24) is 0 Å². The van der Waals surface area contributed by atoms with Gasteiger partial charge in [-0.2, -0.15) is 0 Å². The van der Waals surface area contributed by atoms with E-state index in [1.165, 1.54) is 18.2 Å². The van der Waals surface area contributed by atoms with Crippen LogP contribution in [0.25, 0.3) is 0 Å². The molecule has 0 fully saturated rings. The average Bonchev–Trinajstić information content (AvgIpc) is 2.49. The van der Waals surface area contributed by atoms with Gasteiger partial charge in [0.25, 0.3) is 15.7 Å². The smallest absolute Gasteiger partial charge is 0.271 e. The van der Waals surface area contributed by atoms with Gasteiger partial charge in [0.1, 0.15) is 5.69 Å². The number of halogens is 1. The molecule has 23 heavy (non-hydrogen) atoms. The number of benzene rings is 2. The van der Waals surface area contributed by atoms with E-state index < -0.39 is 14.9 Å². The van der Waals surface area contributed by atoms with Crippen LogP contribution in [0.2, 0.25) is 5.02 Å². The first-order chi connectivity index (χ1) is 10.7. The van der Waals surface area contributed by atoms with Crippen molar-refractivity contribution in [3.8, 4) is 0 Å². The molecule has 0 heterocycles. The SMILES string of the molecule is Cc1ccc(S(=O)(=O)Nc2ccc([N+](=O)[O-])cc2Cl)cc1N=O. The van der Waals surface area contributed by atoms with E-state index in [1.54, 1.807) is 6.92 Å². The molecular weight excluding hydrogens is 346 g/mol. The molecular formula is C13H10ClN3O5S. The molecule has 0 spiro atoms. The summed E-state index contributed by atoms with van der Waals surface area (Å²) in [7, 11) is -4.02.